The van der Waals surface area contributed by atoms with Crippen molar-refractivity contribution < 1.29 is 0 Å². The Kier molecular flexibility index (Phi) is 4.99. The van der Waals surface area contributed by atoms with Crippen LogP contribution in [0.3, 0.4) is 0 Å². The maximum Gasteiger partial charge on any atom is 0.348 e. The van der Waals surface area contributed by atoms with Crippen molar-refractivity contribution in [3.8, 4) is 22.4 Å². The van der Waals surface area contributed by atoms with E-state index in [9.17, 15) is 4.79 Å². The van der Waals surface area contributed by atoms with Crippen LogP contribution in [0.5, 0.6) is 0 Å². The van der Waals surface area contributed by atoms with E-state index in [1.807, 2.05) is 56.7 Å². The Bertz CT molecular complexity index is 1150. The quantitative estimate of drug-likeness (QED) is 0.519. The number of fused-ring (bicyclic) bond motifs is 1. The summed E-state index contributed by atoms with van der Waals surface area (Å²) in [5, 5.41) is 4.42. The van der Waals surface area contributed by atoms with Gasteiger partial charge in [0.05, 0.1) is 11.9 Å². The van der Waals surface area contributed by atoms with Crippen LogP contribution in [0.4, 0.5) is 0 Å². The second-order valence-electron chi connectivity index (χ2n) is 6.98. The fraction of sp³-hybridized carbons (Fsp3) is 0.238. The highest BCUT2D eigenvalue weighted by Gasteiger charge is 2.10. The molecule has 0 saturated carbocycles. The number of aromatic nitrogens is 5. The summed E-state index contributed by atoms with van der Waals surface area (Å²) in [6.45, 7) is 1.58. The summed E-state index contributed by atoms with van der Waals surface area (Å²) in [6, 6.07) is 11.9. The molecule has 4 rings (SSSR count). The normalized spacial score (nSPS) is 11.4. The maximum absolute atomic E-state index is 12.3. The molecule has 7 heteroatoms. The van der Waals surface area contributed by atoms with Gasteiger partial charge in [0.15, 0.2) is 5.65 Å². The van der Waals surface area contributed by atoms with Crippen molar-refractivity contribution in [3.63, 3.8) is 0 Å². The lowest BCUT2D eigenvalue weighted by Crippen LogP contribution is -2.24. The van der Waals surface area contributed by atoms with Gasteiger partial charge in [0.2, 0.25) is 0 Å². The van der Waals surface area contributed by atoms with Gasteiger partial charge < -0.3 is 4.90 Å². The number of hydrogen-bond acceptors (Lipinski definition) is 5. The van der Waals surface area contributed by atoms with Gasteiger partial charge in [-0.25, -0.2) is 14.3 Å². The molecule has 1 aromatic carbocycles. The molecule has 0 radical (unpaired) electrons. The van der Waals surface area contributed by atoms with E-state index in [0.717, 1.165) is 35.3 Å². The number of rotatable bonds is 6. The number of nitrogens with zero attached hydrogens (tertiary/aromatic N) is 6. The zero-order valence-electron chi connectivity index (χ0n) is 16.0. The van der Waals surface area contributed by atoms with Gasteiger partial charge in [0.1, 0.15) is 0 Å². The van der Waals surface area contributed by atoms with Crippen LogP contribution in [0.15, 0.2) is 66.0 Å². The molecule has 0 spiro atoms. The van der Waals surface area contributed by atoms with Crippen LogP contribution < -0.4 is 5.69 Å². The highest BCUT2D eigenvalue weighted by Crippen LogP contribution is 2.24. The first-order valence-corrected chi connectivity index (χ1v) is 9.23. The van der Waals surface area contributed by atoms with E-state index < -0.39 is 0 Å². The second-order valence-corrected chi connectivity index (χ2v) is 6.98. The van der Waals surface area contributed by atoms with Crippen LogP contribution >= 0.6 is 0 Å². The molecular formula is C21H22N6O. The van der Waals surface area contributed by atoms with Crippen LogP contribution in [0, 0.1) is 0 Å². The summed E-state index contributed by atoms with van der Waals surface area (Å²) in [6.07, 6.45) is 8.09. The molecule has 4 aromatic rings. The molecule has 0 aliphatic heterocycles. The zero-order valence-corrected chi connectivity index (χ0v) is 16.0. The van der Waals surface area contributed by atoms with Gasteiger partial charge in [-0.3, -0.25) is 4.57 Å². The van der Waals surface area contributed by atoms with Crippen molar-refractivity contribution in [2.75, 3.05) is 20.6 Å². The molecule has 0 saturated heterocycles. The molecule has 0 aliphatic rings. The first-order chi connectivity index (χ1) is 13.6. The summed E-state index contributed by atoms with van der Waals surface area (Å²) in [5.74, 6) is 0. The summed E-state index contributed by atoms with van der Waals surface area (Å²) in [4.78, 5) is 23.2. The Morgan fingerprint density at radius 2 is 1.86 bits per heavy atom. The van der Waals surface area contributed by atoms with Crippen molar-refractivity contribution in [3.05, 3.63) is 71.7 Å². The topological polar surface area (TPSA) is 68.3 Å². The van der Waals surface area contributed by atoms with Gasteiger partial charge in [0, 0.05) is 36.3 Å². The van der Waals surface area contributed by atoms with Crippen molar-refractivity contribution in [2.45, 2.75) is 13.0 Å². The SMILES string of the molecule is CN(C)CCCn1ccc(-c2cnc3c(-c4ccccc4)cnn3c2)nc1=O. The third-order valence-electron chi connectivity index (χ3n) is 4.62. The smallest absolute Gasteiger partial charge is 0.309 e. The summed E-state index contributed by atoms with van der Waals surface area (Å²) < 4.78 is 3.36. The maximum atomic E-state index is 12.3. The minimum absolute atomic E-state index is 0.248. The first kappa shape index (κ1) is 18.1. The van der Waals surface area contributed by atoms with E-state index in [1.165, 1.54) is 0 Å². The predicted octanol–water partition coefficient (Wildman–Crippen LogP) is 2.57. The van der Waals surface area contributed by atoms with Crippen molar-refractivity contribution in [2.24, 2.45) is 0 Å². The van der Waals surface area contributed by atoms with E-state index in [0.29, 0.717) is 12.2 Å². The van der Waals surface area contributed by atoms with Crippen LogP contribution in [-0.2, 0) is 6.54 Å². The van der Waals surface area contributed by atoms with E-state index in [2.05, 4.69) is 20.0 Å². The fourth-order valence-corrected chi connectivity index (χ4v) is 3.15. The molecule has 3 aromatic heterocycles. The molecule has 0 aliphatic carbocycles. The lowest BCUT2D eigenvalue weighted by molar-refractivity contribution is 0.384. The van der Waals surface area contributed by atoms with Gasteiger partial charge >= 0.3 is 5.69 Å². The highest BCUT2D eigenvalue weighted by atomic mass is 16.1. The Hall–Kier alpha value is -3.32. The molecular weight excluding hydrogens is 352 g/mol. The van der Waals surface area contributed by atoms with Crippen LogP contribution in [-0.4, -0.2) is 49.7 Å². The lowest BCUT2D eigenvalue weighted by atomic mass is 10.1. The average Bonchev–Trinajstić information content (AvgIpc) is 3.13. The van der Waals surface area contributed by atoms with Crippen molar-refractivity contribution in [1.82, 2.24) is 29.0 Å². The Balaban J connectivity index is 1.61. The van der Waals surface area contributed by atoms with Crippen LogP contribution in [0.1, 0.15) is 6.42 Å². The minimum Gasteiger partial charge on any atom is -0.309 e. The molecule has 0 amide bonds. The largest absolute Gasteiger partial charge is 0.348 e. The molecule has 142 valence electrons. The molecule has 0 N–H and O–H groups in total. The second kappa shape index (κ2) is 7.74. The van der Waals surface area contributed by atoms with E-state index in [4.69, 9.17) is 0 Å². The van der Waals surface area contributed by atoms with Gasteiger partial charge in [-0.1, -0.05) is 30.3 Å². The highest BCUT2D eigenvalue weighted by molar-refractivity contribution is 5.77. The molecule has 28 heavy (non-hydrogen) atoms. The Morgan fingerprint density at radius 3 is 2.61 bits per heavy atom. The van der Waals surface area contributed by atoms with Gasteiger partial charge in [0.25, 0.3) is 0 Å². The molecule has 0 bridgehead atoms. The van der Waals surface area contributed by atoms with E-state index >= 15 is 0 Å². The van der Waals surface area contributed by atoms with Crippen LogP contribution in [0.2, 0.25) is 0 Å². The van der Waals surface area contributed by atoms with E-state index in [-0.39, 0.29) is 5.69 Å². The number of benzene rings is 1. The standard InChI is InChI=1S/C21H22N6O/c1-25(2)10-6-11-26-12-9-19(24-21(26)28)17-13-22-20-18(14-23-27(20)15-17)16-7-4-3-5-8-16/h3-5,7-9,12-15H,6,10-11H2,1-2H3. The minimum atomic E-state index is -0.248. The third-order valence-corrected chi connectivity index (χ3v) is 4.62. The number of hydrogen-bond donors (Lipinski definition) is 0. The predicted molar refractivity (Wildman–Crippen MR) is 109 cm³/mol. The van der Waals surface area contributed by atoms with Crippen molar-refractivity contribution in [1.29, 1.82) is 0 Å². The third kappa shape index (κ3) is 3.70. The van der Waals surface area contributed by atoms with Gasteiger partial charge in [-0.15, -0.1) is 0 Å². The zero-order chi connectivity index (χ0) is 19.5. The molecule has 0 unspecified atom stereocenters. The monoisotopic (exact) mass is 374 g/mol. The number of aryl methyl sites for hydroxylation is 1. The molecule has 7 nitrogen and oxygen atoms in total. The summed E-state index contributed by atoms with van der Waals surface area (Å²) in [5.41, 5.74) is 3.91. The van der Waals surface area contributed by atoms with Crippen molar-refractivity contribution >= 4 is 5.65 Å². The molecule has 3 heterocycles. The Morgan fingerprint density at radius 1 is 1.04 bits per heavy atom. The first-order valence-electron chi connectivity index (χ1n) is 9.23. The fourth-order valence-electron chi connectivity index (χ4n) is 3.15. The summed E-state index contributed by atoms with van der Waals surface area (Å²) >= 11 is 0. The average molecular weight is 374 g/mol. The van der Waals surface area contributed by atoms with Gasteiger partial charge in [-0.2, -0.15) is 10.1 Å². The van der Waals surface area contributed by atoms with Gasteiger partial charge in [-0.05, 0) is 38.7 Å². The van der Waals surface area contributed by atoms with Crippen LogP contribution in [0.25, 0.3) is 28.0 Å². The lowest BCUT2D eigenvalue weighted by Gasteiger charge is -2.10. The molecule has 0 atom stereocenters. The summed E-state index contributed by atoms with van der Waals surface area (Å²) in [7, 11) is 4.04. The molecule has 0 fully saturated rings. The van der Waals surface area contributed by atoms with E-state index in [1.54, 1.807) is 27.7 Å². The Labute approximate surface area is 162 Å².